The van der Waals surface area contributed by atoms with E-state index in [0.717, 1.165) is 22.6 Å². The lowest BCUT2D eigenvalue weighted by atomic mass is 9.89. The van der Waals surface area contributed by atoms with Crippen molar-refractivity contribution in [1.82, 2.24) is 15.5 Å². The summed E-state index contributed by atoms with van der Waals surface area (Å²) < 4.78 is 5.61. The fraction of sp³-hybridized carbons (Fsp3) is 0.500. The highest BCUT2D eigenvalue weighted by atomic mass is 16.5. The molecule has 3 N–H and O–H groups in total. The largest absolute Gasteiger partial charge is 0.491 e. The maximum atomic E-state index is 10.0. The third-order valence-corrected chi connectivity index (χ3v) is 3.60. The Hall–Kier alpha value is -1.85. The van der Waals surface area contributed by atoms with E-state index in [4.69, 9.17) is 4.74 Å². The Morgan fingerprint density at radius 3 is 2.83 bits per heavy atom. The fourth-order valence-corrected chi connectivity index (χ4v) is 2.42. The number of nitrogens with zero attached hydrogens (tertiary/aromatic N) is 1. The van der Waals surface area contributed by atoms with Crippen molar-refractivity contribution < 1.29 is 9.84 Å². The Kier molecular flexibility index (Phi) is 5.80. The van der Waals surface area contributed by atoms with Gasteiger partial charge in [-0.15, -0.1) is 0 Å². The first-order valence-corrected chi connectivity index (χ1v) is 7.97. The molecule has 1 aromatic heterocycles. The summed E-state index contributed by atoms with van der Waals surface area (Å²) in [6, 6.07) is 7.82. The molecule has 0 aliphatic rings. The van der Waals surface area contributed by atoms with Gasteiger partial charge in [0.2, 0.25) is 0 Å². The predicted molar refractivity (Wildman–Crippen MR) is 91.7 cm³/mol. The van der Waals surface area contributed by atoms with Crippen LogP contribution < -0.4 is 10.1 Å². The molecular formula is C18H27N3O2. The van der Waals surface area contributed by atoms with Crippen molar-refractivity contribution in [3.63, 3.8) is 0 Å². The topological polar surface area (TPSA) is 70.2 Å². The number of aryl methyl sites for hydroxylation is 1. The number of aliphatic hydroxyl groups is 1. The second-order valence-electron chi connectivity index (χ2n) is 6.93. The van der Waals surface area contributed by atoms with Crippen molar-refractivity contribution in [2.75, 3.05) is 13.2 Å². The number of aromatic nitrogens is 2. The van der Waals surface area contributed by atoms with E-state index in [-0.39, 0.29) is 12.0 Å². The van der Waals surface area contributed by atoms with Crippen LogP contribution in [0.25, 0.3) is 0 Å². The highest BCUT2D eigenvalue weighted by Crippen LogP contribution is 2.23. The highest BCUT2D eigenvalue weighted by molar-refractivity contribution is 5.27. The van der Waals surface area contributed by atoms with Gasteiger partial charge in [0.1, 0.15) is 18.5 Å². The average Bonchev–Trinajstić information content (AvgIpc) is 2.94. The van der Waals surface area contributed by atoms with Crippen molar-refractivity contribution in [2.24, 2.45) is 0 Å². The third-order valence-electron chi connectivity index (χ3n) is 3.60. The van der Waals surface area contributed by atoms with E-state index >= 15 is 0 Å². The highest BCUT2D eigenvalue weighted by Gasteiger charge is 2.19. The molecule has 1 unspecified atom stereocenters. The molecule has 1 atom stereocenters. The number of nitrogens with one attached hydrogen (secondary N) is 2. The minimum absolute atomic E-state index is 0.0282. The summed E-state index contributed by atoms with van der Waals surface area (Å²) in [6.07, 6.45) is 1.28. The van der Waals surface area contributed by atoms with Gasteiger partial charge in [-0.2, -0.15) is 5.10 Å². The zero-order valence-electron chi connectivity index (χ0n) is 14.4. The average molecular weight is 317 g/mol. The Bertz CT molecular complexity index is 617. The van der Waals surface area contributed by atoms with Crippen LogP contribution in [0.5, 0.6) is 5.75 Å². The van der Waals surface area contributed by atoms with E-state index in [9.17, 15) is 5.11 Å². The molecule has 5 heteroatoms. The second kappa shape index (κ2) is 7.62. The van der Waals surface area contributed by atoms with Crippen molar-refractivity contribution >= 4 is 0 Å². The molecule has 5 nitrogen and oxygen atoms in total. The first-order valence-electron chi connectivity index (χ1n) is 7.97. The second-order valence-corrected chi connectivity index (χ2v) is 6.93. The summed E-state index contributed by atoms with van der Waals surface area (Å²) in [6.45, 7) is 9.87. The molecule has 0 radical (unpaired) electrons. The zero-order valence-corrected chi connectivity index (χ0v) is 14.4. The molecule has 0 amide bonds. The van der Waals surface area contributed by atoms with Crippen LogP contribution in [0.2, 0.25) is 0 Å². The van der Waals surface area contributed by atoms with Gasteiger partial charge in [0.25, 0.3) is 0 Å². The first kappa shape index (κ1) is 17.5. The minimum Gasteiger partial charge on any atom is -0.491 e. The Labute approximate surface area is 138 Å². The molecule has 23 heavy (non-hydrogen) atoms. The number of aliphatic hydroxyl groups excluding tert-OH is 1. The number of aromatic amines is 1. The van der Waals surface area contributed by atoms with Gasteiger partial charge in [0, 0.05) is 29.8 Å². The molecule has 2 aromatic rings. The summed E-state index contributed by atoms with van der Waals surface area (Å²) in [5, 5.41) is 20.5. The predicted octanol–water partition coefficient (Wildman–Crippen LogP) is 2.55. The molecule has 126 valence electrons. The quantitative estimate of drug-likeness (QED) is 0.734. The summed E-state index contributed by atoms with van der Waals surface area (Å²) in [7, 11) is 0. The molecular weight excluding hydrogens is 290 g/mol. The van der Waals surface area contributed by atoms with Crippen LogP contribution in [-0.2, 0) is 12.0 Å². The van der Waals surface area contributed by atoms with Crippen molar-refractivity contribution in [3.8, 4) is 5.75 Å². The standard InChI is InChI=1S/C18H27N3O2/c1-13-6-5-7-16(8-13)23-12-15(22)11-19-9-14-10-20-21-17(14)18(2,3)4/h5-8,10,15,19,22H,9,11-12H2,1-4H3,(H,20,21). The summed E-state index contributed by atoms with van der Waals surface area (Å²) >= 11 is 0. The molecule has 0 fully saturated rings. The lowest BCUT2D eigenvalue weighted by molar-refractivity contribution is 0.106. The first-order chi connectivity index (χ1) is 10.9. The maximum absolute atomic E-state index is 10.0. The zero-order chi connectivity index (χ0) is 16.9. The normalized spacial score (nSPS) is 13.1. The maximum Gasteiger partial charge on any atom is 0.119 e. The number of rotatable bonds is 7. The van der Waals surface area contributed by atoms with Crippen LogP contribution in [0.15, 0.2) is 30.5 Å². The molecule has 0 aliphatic carbocycles. The van der Waals surface area contributed by atoms with Crippen LogP contribution in [0, 0.1) is 6.92 Å². The van der Waals surface area contributed by atoms with E-state index in [1.165, 1.54) is 0 Å². The molecule has 0 bridgehead atoms. The lowest BCUT2D eigenvalue weighted by Gasteiger charge is -2.19. The van der Waals surface area contributed by atoms with Gasteiger partial charge in [-0.05, 0) is 24.6 Å². The Morgan fingerprint density at radius 1 is 1.35 bits per heavy atom. The Morgan fingerprint density at radius 2 is 2.13 bits per heavy atom. The molecule has 1 heterocycles. The summed E-state index contributed by atoms with van der Waals surface area (Å²) in [5.41, 5.74) is 3.42. The van der Waals surface area contributed by atoms with E-state index in [1.54, 1.807) is 0 Å². The van der Waals surface area contributed by atoms with Crippen LogP contribution >= 0.6 is 0 Å². The van der Waals surface area contributed by atoms with Gasteiger partial charge in [-0.3, -0.25) is 5.10 Å². The number of hydrogen-bond acceptors (Lipinski definition) is 4. The Balaban J connectivity index is 1.75. The van der Waals surface area contributed by atoms with E-state index in [1.807, 2.05) is 37.4 Å². The van der Waals surface area contributed by atoms with Crippen molar-refractivity contribution in [3.05, 3.63) is 47.3 Å². The van der Waals surface area contributed by atoms with Crippen LogP contribution in [0.4, 0.5) is 0 Å². The van der Waals surface area contributed by atoms with Gasteiger partial charge in [-0.25, -0.2) is 0 Å². The molecule has 0 spiro atoms. The third kappa shape index (κ3) is 5.37. The smallest absolute Gasteiger partial charge is 0.119 e. The van der Waals surface area contributed by atoms with Crippen molar-refractivity contribution in [2.45, 2.75) is 45.8 Å². The fourth-order valence-electron chi connectivity index (χ4n) is 2.42. The minimum atomic E-state index is -0.555. The number of benzene rings is 1. The van der Waals surface area contributed by atoms with Gasteiger partial charge in [0.05, 0.1) is 6.20 Å². The molecule has 0 saturated carbocycles. The van der Waals surface area contributed by atoms with Crippen LogP contribution in [0.3, 0.4) is 0 Å². The molecule has 0 aliphatic heterocycles. The van der Waals surface area contributed by atoms with Gasteiger partial charge >= 0.3 is 0 Å². The van der Waals surface area contributed by atoms with E-state index in [2.05, 4.69) is 36.3 Å². The van der Waals surface area contributed by atoms with Crippen LogP contribution in [0.1, 0.15) is 37.6 Å². The van der Waals surface area contributed by atoms with Gasteiger partial charge < -0.3 is 15.2 Å². The lowest BCUT2D eigenvalue weighted by Crippen LogP contribution is -2.31. The molecule has 0 saturated heterocycles. The monoisotopic (exact) mass is 317 g/mol. The van der Waals surface area contributed by atoms with Crippen molar-refractivity contribution in [1.29, 1.82) is 0 Å². The summed E-state index contributed by atoms with van der Waals surface area (Å²) in [5.74, 6) is 0.786. The SMILES string of the molecule is Cc1cccc(OCC(O)CNCc2cn[nH]c2C(C)(C)C)c1. The van der Waals surface area contributed by atoms with Gasteiger partial charge in [-0.1, -0.05) is 32.9 Å². The van der Waals surface area contributed by atoms with E-state index in [0.29, 0.717) is 13.1 Å². The number of H-pyrrole nitrogens is 1. The number of ether oxygens (including phenoxy) is 1. The van der Waals surface area contributed by atoms with E-state index < -0.39 is 6.10 Å². The summed E-state index contributed by atoms with van der Waals surface area (Å²) in [4.78, 5) is 0. The molecule has 2 rings (SSSR count). The van der Waals surface area contributed by atoms with Gasteiger partial charge in [0.15, 0.2) is 0 Å². The number of hydrogen-bond donors (Lipinski definition) is 3. The van der Waals surface area contributed by atoms with Crippen LogP contribution in [-0.4, -0.2) is 34.6 Å². The molecule has 1 aromatic carbocycles.